The van der Waals surface area contributed by atoms with E-state index < -0.39 is 38.1 Å². The van der Waals surface area contributed by atoms with Crippen LogP contribution < -0.4 is 4.90 Å². The van der Waals surface area contributed by atoms with E-state index in [-0.39, 0.29) is 18.3 Å². The number of nitrogens with zero attached hydrogens (tertiary/aromatic N) is 2. The Bertz CT molecular complexity index is 672. The van der Waals surface area contributed by atoms with Crippen LogP contribution in [0.2, 0.25) is 0 Å². The van der Waals surface area contributed by atoms with Crippen LogP contribution in [0, 0.1) is 17.7 Å². The Kier molecular flexibility index (Phi) is 3.59. The fourth-order valence-electron chi connectivity index (χ4n) is 3.20. The molecule has 116 valence electrons. The molecule has 1 saturated carbocycles. The molecule has 0 amide bonds. The van der Waals surface area contributed by atoms with Gasteiger partial charge in [-0.15, -0.1) is 0 Å². The van der Waals surface area contributed by atoms with Crippen molar-refractivity contribution in [2.24, 2.45) is 0 Å². The van der Waals surface area contributed by atoms with E-state index in [1.807, 2.05) is 0 Å². The molecule has 2 heterocycles. The van der Waals surface area contributed by atoms with Gasteiger partial charge in [0.2, 0.25) is 5.95 Å². The Labute approximate surface area is 120 Å². The van der Waals surface area contributed by atoms with E-state index in [0.29, 0.717) is 0 Å². The van der Waals surface area contributed by atoms with Gasteiger partial charge in [-0.3, -0.25) is 0 Å². The van der Waals surface area contributed by atoms with Gasteiger partial charge in [0, 0.05) is 12.6 Å². The summed E-state index contributed by atoms with van der Waals surface area (Å²) in [6.45, 7) is 0.0870. The average Bonchev–Trinajstić information content (AvgIpc) is 2.45. The second-order valence-corrected chi connectivity index (χ2v) is 7.54. The van der Waals surface area contributed by atoms with Crippen molar-refractivity contribution in [2.75, 3.05) is 17.2 Å². The molecular formula is C13H15F3N2O2S. The van der Waals surface area contributed by atoms with Gasteiger partial charge in [0.05, 0.1) is 5.75 Å². The van der Waals surface area contributed by atoms with Crippen LogP contribution in [0.4, 0.5) is 18.9 Å². The zero-order valence-corrected chi connectivity index (χ0v) is 12.1. The third-order valence-electron chi connectivity index (χ3n) is 4.20. The summed E-state index contributed by atoms with van der Waals surface area (Å²) in [5, 5.41) is 0. The maximum Gasteiger partial charge on any atom is 0.253 e. The van der Waals surface area contributed by atoms with E-state index in [2.05, 4.69) is 4.98 Å². The van der Waals surface area contributed by atoms with Gasteiger partial charge in [-0.2, -0.15) is 13.8 Å². The Morgan fingerprint density at radius 3 is 2.38 bits per heavy atom. The number of sulfone groups is 1. The third-order valence-corrected chi connectivity index (χ3v) is 5.92. The second kappa shape index (κ2) is 5.15. The minimum atomic E-state index is -4.03. The fourth-order valence-corrected chi connectivity index (χ4v) is 4.70. The van der Waals surface area contributed by atoms with Gasteiger partial charge >= 0.3 is 0 Å². The first-order valence-corrected chi connectivity index (χ1v) is 8.61. The molecule has 0 N–H and O–H groups in total. The Morgan fingerprint density at radius 2 is 1.71 bits per heavy atom. The molecule has 1 aromatic rings. The Hall–Kier alpha value is -1.31. The summed E-state index contributed by atoms with van der Waals surface area (Å²) < 4.78 is 65.2. The first-order valence-electron chi connectivity index (χ1n) is 6.95. The summed E-state index contributed by atoms with van der Waals surface area (Å²) >= 11 is 0. The lowest BCUT2D eigenvalue weighted by molar-refractivity contribution is 0.392. The zero-order valence-electron chi connectivity index (χ0n) is 11.3. The highest BCUT2D eigenvalue weighted by Crippen LogP contribution is 2.38. The Morgan fingerprint density at radius 1 is 1.05 bits per heavy atom. The molecule has 3 rings (SSSR count). The van der Waals surface area contributed by atoms with E-state index in [0.717, 1.165) is 32.1 Å². The number of hydrogen-bond acceptors (Lipinski definition) is 4. The molecule has 0 spiro atoms. The van der Waals surface area contributed by atoms with Crippen molar-refractivity contribution in [2.45, 2.75) is 43.0 Å². The third kappa shape index (κ3) is 2.39. The maximum atomic E-state index is 14.0. The highest BCUT2D eigenvalue weighted by molar-refractivity contribution is 7.91. The normalized spacial score (nSPS) is 22.1. The minimum absolute atomic E-state index is 0.0471. The summed E-state index contributed by atoms with van der Waals surface area (Å²) in [7, 11) is -4.03. The fraction of sp³-hybridized carbons (Fsp3) is 0.615. The van der Waals surface area contributed by atoms with Crippen molar-refractivity contribution in [3.63, 3.8) is 0 Å². The smallest absolute Gasteiger partial charge is 0.253 e. The molecule has 0 aromatic carbocycles. The molecule has 1 aliphatic heterocycles. The molecule has 1 aliphatic carbocycles. The quantitative estimate of drug-likeness (QED) is 0.746. The SMILES string of the molecule is O=S1(=O)CCN(C2CCCCC2)c2c(F)nc(F)c(F)c21. The van der Waals surface area contributed by atoms with Crippen LogP contribution in [-0.2, 0) is 9.84 Å². The first kappa shape index (κ1) is 14.6. The predicted octanol–water partition coefficient (Wildman–Crippen LogP) is 2.43. The average molecular weight is 320 g/mol. The van der Waals surface area contributed by atoms with E-state index >= 15 is 0 Å². The van der Waals surface area contributed by atoms with E-state index in [1.54, 1.807) is 4.90 Å². The van der Waals surface area contributed by atoms with Crippen molar-refractivity contribution in [1.82, 2.24) is 4.98 Å². The van der Waals surface area contributed by atoms with E-state index in [9.17, 15) is 21.6 Å². The lowest BCUT2D eigenvalue weighted by Gasteiger charge is -2.39. The van der Waals surface area contributed by atoms with Crippen LogP contribution >= 0.6 is 0 Å². The van der Waals surface area contributed by atoms with Gasteiger partial charge < -0.3 is 4.90 Å². The number of hydrogen-bond donors (Lipinski definition) is 0. The maximum absolute atomic E-state index is 14.0. The van der Waals surface area contributed by atoms with Gasteiger partial charge in [-0.25, -0.2) is 12.8 Å². The molecule has 8 heteroatoms. The van der Waals surface area contributed by atoms with Crippen molar-refractivity contribution in [3.05, 3.63) is 17.7 Å². The molecule has 0 radical (unpaired) electrons. The van der Waals surface area contributed by atoms with Crippen LogP contribution in [0.25, 0.3) is 0 Å². The lowest BCUT2D eigenvalue weighted by atomic mass is 9.94. The van der Waals surface area contributed by atoms with Crippen molar-refractivity contribution in [1.29, 1.82) is 0 Å². The topological polar surface area (TPSA) is 50.3 Å². The first-order chi connectivity index (χ1) is 9.92. The molecule has 1 fully saturated rings. The van der Waals surface area contributed by atoms with Crippen LogP contribution in [0.5, 0.6) is 0 Å². The molecule has 0 atom stereocenters. The van der Waals surface area contributed by atoms with Crippen LogP contribution in [-0.4, -0.2) is 31.7 Å². The monoisotopic (exact) mass is 320 g/mol. The lowest BCUT2D eigenvalue weighted by Crippen LogP contribution is -2.44. The van der Waals surface area contributed by atoms with Gasteiger partial charge in [0.25, 0.3) is 5.95 Å². The standard InChI is InChI=1S/C13H15F3N2O2S/c14-9-11-10(13(16)17-12(9)15)18(6-7-21(11,19)20)8-4-2-1-3-5-8/h8H,1-7H2. The largest absolute Gasteiger partial charge is 0.363 e. The molecule has 2 aliphatic rings. The number of rotatable bonds is 1. The van der Waals surface area contributed by atoms with E-state index in [1.165, 1.54) is 0 Å². The van der Waals surface area contributed by atoms with Crippen LogP contribution in [0.15, 0.2) is 4.90 Å². The summed E-state index contributed by atoms with van der Waals surface area (Å²) in [6, 6.07) is -0.0471. The summed E-state index contributed by atoms with van der Waals surface area (Å²) in [5.41, 5.74) is -0.396. The number of anilines is 1. The van der Waals surface area contributed by atoms with Gasteiger partial charge in [0.1, 0.15) is 10.6 Å². The number of fused-ring (bicyclic) bond motifs is 1. The molecular weight excluding hydrogens is 305 g/mol. The molecule has 0 unspecified atom stereocenters. The summed E-state index contributed by atoms with van der Waals surface area (Å²) in [5.74, 6) is -4.87. The molecule has 4 nitrogen and oxygen atoms in total. The predicted molar refractivity (Wildman–Crippen MR) is 70.4 cm³/mol. The van der Waals surface area contributed by atoms with Gasteiger partial charge in [0.15, 0.2) is 15.7 Å². The van der Waals surface area contributed by atoms with Crippen LogP contribution in [0.1, 0.15) is 32.1 Å². The summed E-state index contributed by atoms with van der Waals surface area (Å²) in [4.78, 5) is 3.57. The van der Waals surface area contributed by atoms with Gasteiger partial charge in [-0.1, -0.05) is 19.3 Å². The minimum Gasteiger partial charge on any atom is -0.363 e. The van der Waals surface area contributed by atoms with E-state index in [4.69, 9.17) is 0 Å². The molecule has 0 saturated heterocycles. The highest BCUT2D eigenvalue weighted by Gasteiger charge is 2.39. The van der Waals surface area contributed by atoms with Crippen molar-refractivity contribution in [3.8, 4) is 0 Å². The molecule has 0 bridgehead atoms. The number of aromatic nitrogens is 1. The van der Waals surface area contributed by atoms with Crippen molar-refractivity contribution < 1.29 is 21.6 Å². The molecule has 21 heavy (non-hydrogen) atoms. The number of pyridine rings is 1. The highest BCUT2D eigenvalue weighted by atomic mass is 32.2. The molecule has 1 aromatic heterocycles. The second-order valence-electron chi connectivity index (χ2n) is 5.49. The Balaban J connectivity index is 2.16. The van der Waals surface area contributed by atoms with Gasteiger partial charge in [-0.05, 0) is 12.8 Å². The summed E-state index contributed by atoms with van der Waals surface area (Å²) in [6.07, 6.45) is 4.58. The van der Waals surface area contributed by atoms with Crippen molar-refractivity contribution >= 4 is 15.5 Å². The number of halogens is 3. The van der Waals surface area contributed by atoms with Crippen LogP contribution in [0.3, 0.4) is 0 Å². The zero-order chi connectivity index (χ0) is 15.2.